The molecular formula is C9H14N2O3S. The molecule has 1 aliphatic heterocycles. The Morgan fingerprint density at radius 2 is 2.27 bits per heavy atom. The molecule has 6 heteroatoms. The summed E-state index contributed by atoms with van der Waals surface area (Å²) in [6, 6.07) is 0. The minimum Gasteiger partial charge on any atom is -0.480 e. The molecule has 15 heavy (non-hydrogen) atoms. The Kier molecular flexibility index (Phi) is 5.17. The molecule has 0 spiro atoms. The molecule has 2 N–H and O–H groups in total. The maximum Gasteiger partial charge on any atom is 0.322 e. The number of aliphatic carboxylic acids is 1. The standard InChI is InChI=1S/C9H14N2O3S/c12-7(11-5-9(13)14)6-15-8-3-1-2-4-10-8/h1-6H2,(H,11,12)(H,13,14). The van der Waals surface area contributed by atoms with Crippen LogP contribution in [0.2, 0.25) is 0 Å². The molecule has 0 radical (unpaired) electrons. The van der Waals surface area contributed by atoms with Crippen LogP contribution in [0, 0.1) is 0 Å². The second-order valence-electron chi connectivity index (χ2n) is 3.19. The molecule has 0 aromatic heterocycles. The number of nitrogens with zero attached hydrogens (tertiary/aromatic N) is 1. The van der Waals surface area contributed by atoms with Gasteiger partial charge in [-0.05, 0) is 19.3 Å². The third-order valence-electron chi connectivity index (χ3n) is 1.89. The number of carboxylic acids is 1. The van der Waals surface area contributed by atoms with Crippen molar-refractivity contribution in [3.63, 3.8) is 0 Å². The molecular weight excluding hydrogens is 216 g/mol. The highest BCUT2D eigenvalue weighted by Gasteiger charge is 2.09. The van der Waals surface area contributed by atoms with Crippen molar-refractivity contribution in [1.82, 2.24) is 5.32 Å². The van der Waals surface area contributed by atoms with Crippen LogP contribution in [0.3, 0.4) is 0 Å². The highest BCUT2D eigenvalue weighted by Crippen LogP contribution is 2.15. The van der Waals surface area contributed by atoms with Gasteiger partial charge in [-0.2, -0.15) is 0 Å². The molecule has 1 amide bonds. The average Bonchev–Trinajstić information content (AvgIpc) is 2.25. The van der Waals surface area contributed by atoms with Crippen molar-refractivity contribution in [3.8, 4) is 0 Å². The number of hydrogen-bond acceptors (Lipinski definition) is 4. The SMILES string of the molecule is O=C(O)CNC(=O)CSC1=NCCCC1. The van der Waals surface area contributed by atoms with Gasteiger partial charge in [0.15, 0.2) is 0 Å². The molecule has 0 unspecified atom stereocenters. The lowest BCUT2D eigenvalue weighted by molar-refractivity contribution is -0.137. The number of thioether (sulfide) groups is 1. The molecule has 1 rings (SSSR count). The lowest BCUT2D eigenvalue weighted by Gasteiger charge is -2.10. The second-order valence-corrected chi connectivity index (χ2v) is 4.24. The fourth-order valence-corrected chi connectivity index (χ4v) is 2.03. The molecule has 5 nitrogen and oxygen atoms in total. The van der Waals surface area contributed by atoms with Crippen molar-refractivity contribution in [1.29, 1.82) is 0 Å². The molecule has 1 heterocycles. The molecule has 0 bridgehead atoms. The van der Waals surface area contributed by atoms with Crippen molar-refractivity contribution in [3.05, 3.63) is 0 Å². The Labute approximate surface area is 92.3 Å². The van der Waals surface area contributed by atoms with Crippen molar-refractivity contribution in [2.75, 3.05) is 18.8 Å². The van der Waals surface area contributed by atoms with E-state index >= 15 is 0 Å². The third-order valence-corrected chi connectivity index (χ3v) is 2.97. The molecule has 0 saturated heterocycles. The minimum absolute atomic E-state index is 0.254. The van der Waals surface area contributed by atoms with Crippen molar-refractivity contribution in [2.24, 2.45) is 4.99 Å². The van der Waals surface area contributed by atoms with E-state index in [-0.39, 0.29) is 18.2 Å². The Morgan fingerprint density at radius 3 is 2.87 bits per heavy atom. The van der Waals surface area contributed by atoms with Gasteiger partial charge >= 0.3 is 5.97 Å². The maximum atomic E-state index is 11.1. The number of aliphatic imine (C=N–C) groups is 1. The van der Waals surface area contributed by atoms with Gasteiger partial charge < -0.3 is 10.4 Å². The summed E-state index contributed by atoms with van der Waals surface area (Å²) in [7, 11) is 0. The van der Waals surface area contributed by atoms with E-state index in [2.05, 4.69) is 10.3 Å². The summed E-state index contributed by atoms with van der Waals surface area (Å²) in [6.07, 6.45) is 3.19. The Morgan fingerprint density at radius 1 is 1.47 bits per heavy atom. The van der Waals surface area contributed by atoms with Gasteiger partial charge in [0.25, 0.3) is 0 Å². The fraction of sp³-hybridized carbons (Fsp3) is 0.667. The van der Waals surface area contributed by atoms with Gasteiger partial charge in [-0.15, -0.1) is 11.8 Å². The first kappa shape index (κ1) is 12.0. The number of rotatable bonds is 4. The molecule has 1 aliphatic rings. The van der Waals surface area contributed by atoms with E-state index < -0.39 is 5.97 Å². The summed E-state index contributed by atoms with van der Waals surface area (Å²) in [4.78, 5) is 25.6. The molecule has 0 aromatic carbocycles. The van der Waals surface area contributed by atoms with Crippen LogP contribution in [-0.4, -0.2) is 40.9 Å². The van der Waals surface area contributed by atoms with Gasteiger partial charge in [-0.1, -0.05) is 0 Å². The molecule has 0 aliphatic carbocycles. The molecule has 0 saturated carbocycles. The van der Waals surface area contributed by atoms with Gasteiger partial charge in [0.05, 0.1) is 10.8 Å². The van der Waals surface area contributed by atoms with E-state index in [0.717, 1.165) is 30.9 Å². The zero-order chi connectivity index (χ0) is 11.1. The van der Waals surface area contributed by atoms with Crippen LogP contribution >= 0.6 is 11.8 Å². The topological polar surface area (TPSA) is 78.8 Å². The Hall–Kier alpha value is -1.04. The summed E-state index contributed by atoms with van der Waals surface area (Å²) in [6.45, 7) is 0.533. The molecule has 84 valence electrons. The smallest absolute Gasteiger partial charge is 0.322 e. The average molecular weight is 230 g/mol. The molecule has 0 aromatic rings. The van der Waals surface area contributed by atoms with E-state index in [0.29, 0.717) is 0 Å². The summed E-state index contributed by atoms with van der Waals surface area (Å²) in [5, 5.41) is 11.6. The maximum absolute atomic E-state index is 11.1. The van der Waals surface area contributed by atoms with Crippen LogP contribution in [0.25, 0.3) is 0 Å². The minimum atomic E-state index is -1.02. The van der Waals surface area contributed by atoms with E-state index in [1.807, 2.05) is 0 Å². The lowest BCUT2D eigenvalue weighted by Crippen LogP contribution is -2.30. The normalized spacial score (nSPS) is 15.6. The fourth-order valence-electron chi connectivity index (χ4n) is 1.16. The van der Waals surface area contributed by atoms with Crippen LogP contribution in [-0.2, 0) is 9.59 Å². The second kappa shape index (κ2) is 6.44. The number of carboxylic acid groups (broad SMARTS) is 1. The first-order valence-corrected chi connectivity index (χ1v) is 5.81. The first-order valence-electron chi connectivity index (χ1n) is 4.83. The van der Waals surface area contributed by atoms with Gasteiger partial charge in [0, 0.05) is 6.54 Å². The summed E-state index contributed by atoms with van der Waals surface area (Å²) in [5.74, 6) is -1.02. The van der Waals surface area contributed by atoms with Crippen molar-refractivity contribution >= 4 is 28.7 Å². The number of carbonyl (C=O) groups is 2. The number of amides is 1. The predicted molar refractivity (Wildman–Crippen MR) is 59.3 cm³/mol. The van der Waals surface area contributed by atoms with Crippen LogP contribution in [0.15, 0.2) is 4.99 Å². The van der Waals surface area contributed by atoms with Crippen molar-refractivity contribution in [2.45, 2.75) is 19.3 Å². The molecule has 0 atom stereocenters. The zero-order valence-electron chi connectivity index (χ0n) is 8.36. The van der Waals surface area contributed by atoms with Gasteiger partial charge in [-0.25, -0.2) is 0 Å². The van der Waals surface area contributed by atoms with Crippen LogP contribution in [0.5, 0.6) is 0 Å². The third kappa shape index (κ3) is 5.41. The predicted octanol–water partition coefficient (Wildman–Crippen LogP) is 0.503. The Balaban J connectivity index is 2.15. The summed E-state index contributed by atoms with van der Waals surface area (Å²) in [5.41, 5.74) is 0. The number of carbonyl (C=O) groups excluding carboxylic acids is 1. The van der Waals surface area contributed by atoms with Gasteiger partial charge in [0.2, 0.25) is 5.91 Å². The van der Waals surface area contributed by atoms with Gasteiger partial charge in [0.1, 0.15) is 6.54 Å². The highest BCUT2D eigenvalue weighted by molar-refractivity contribution is 8.14. The van der Waals surface area contributed by atoms with Crippen LogP contribution in [0.1, 0.15) is 19.3 Å². The largest absolute Gasteiger partial charge is 0.480 e. The molecule has 0 fully saturated rings. The summed E-state index contributed by atoms with van der Waals surface area (Å²) >= 11 is 1.40. The highest BCUT2D eigenvalue weighted by atomic mass is 32.2. The first-order chi connectivity index (χ1) is 7.18. The van der Waals surface area contributed by atoms with E-state index in [9.17, 15) is 9.59 Å². The summed E-state index contributed by atoms with van der Waals surface area (Å²) < 4.78 is 0. The van der Waals surface area contributed by atoms with E-state index in [1.54, 1.807) is 0 Å². The van der Waals surface area contributed by atoms with Crippen molar-refractivity contribution < 1.29 is 14.7 Å². The Bertz CT molecular complexity index is 279. The van der Waals surface area contributed by atoms with E-state index in [1.165, 1.54) is 11.8 Å². The number of nitrogens with one attached hydrogen (secondary N) is 1. The van der Waals surface area contributed by atoms with Crippen LogP contribution < -0.4 is 5.32 Å². The van der Waals surface area contributed by atoms with E-state index in [4.69, 9.17) is 5.11 Å². The monoisotopic (exact) mass is 230 g/mol. The number of hydrogen-bond donors (Lipinski definition) is 2. The zero-order valence-corrected chi connectivity index (χ0v) is 9.18. The van der Waals surface area contributed by atoms with Gasteiger partial charge in [-0.3, -0.25) is 14.6 Å². The van der Waals surface area contributed by atoms with Crippen LogP contribution in [0.4, 0.5) is 0 Å². The quantitative estimate of drug-likeness (QED) is 0.737. The lowest BCUT2D eigenvalue weighted by atomic mass is 10.2.